The number of azide groups is 1. The molecule has 13 heteroatoms. The van der Waals surface area contributed by atoms with Crippen LogP contribution >= 0.6 is 11.6 Å². The molecule has 0 aliphatic heterocycles. The molecule has 2 aliphatic rings. The highest BCUT2D eigenvalue weighted by Crippen LogP contribution is 2.52. The monoisotopic (exact) mass is 528 g/mol. The van der Waals surface area contributed by atoms with Crippen molar-refractivity contribution in [3.05, 3.63) is 68.8 Å². The third-order valence-electron chi connectivity index (χ3n) is 6.94. The molecular formula is C22H20ClF3N4O4S. The number of halogens is 4. The molecule has 1 amide bonds. The summed E-state index contributed by atoms with van der Waals surface area (Å²) in [7, 11) is -4.03. The molecule has 1 unspecified atom stereocenters. The van der Waals surface area contributed by atoms with E-state index in [0.717, 1.165) is 6.07 Å². The lowest BCUT2D eigenvalue weighted by Crippen LogP contribution is -2.50. The summed E-state index contributed by atoms with van der Waals surface area (Å²) in [5.74, 6) is -6.30. The maximum absolute atomic E-state index is 13.5. The minimum absolute atomic E-state index is 0.109. The van der Waals surface area contributed by atoms with E-state index >= 15 is 0 Å². The number of fused-ring (bicyclic) bond motifs is 2. The number of anilines is 1. The van der Waals surface area contributed by atoms with Gasteiger partial charge in [-0.3, -0.25) is 4.79 Å². The van der Waals surface area contributed by atoms with Crippen molar-refractivity contribution in [1.82, 2.24) is 0 Å². The lowest BCUT2D eigenvalue weighted by Gasteiger charge is -2.41. The zero-order valence-corrected chi connectivity index (χ0v) is 19.7. The quantitative estimate of drug-likeness (QED) is 0.236. The van der Waals surface area contributed by atoms with Gasteiger partial charge in [-0.25, -0.2) is 21.6 Å². The molecule has 2 bridgehead atoms. The summed E-state index contributed by atoms with van der Waals surface area (Å²) < 4.78 is 67.1. The lowest BCUT2D eigenvalue weighted by atomic mass is 9.74. The van der Waals surface area contributed by atoms with E-state index in [2.05, 4.69) is 15.3 Å². The van der Waals surface area contributed by atoms with Crippen LogP contribution in [0.2, 0.25) is 5.02 Å². The second-order valence-corrected chi connectivity index (χ2v) is 11.4. The SMILES string of the molecule is [N-]=[N+]=NC[C@@]1(O)C2CC[C@H]1C[C@H](S(=O)(=O)c1cc(C(=O)Nc3cc(F)c(F)c(F)c3)ccc1Cl)C2. The second kappa shape index (κ2) is 9.34. The molecule has 0 heterocycles. The van der Waals surface area contributed by atoms with Crippen molar-refractivity contribution in [1.29, 1.82) is 0 Å². The van der Waals surface area contributed by atoms with Gasteiger partial charge in [0.2, 0.25) is 0 Å². The molecular weight excluding hydrogens is 509 g/mol. The van der Waals surface area contributed by atoms with E-state index in [1.807, 2.05) is 0 Å². The molecule has 4 rings (SSSR count). The van der Waals surface area contributed by atoms with Crippen molar-refractivity contribution in [3.63, 3.8) is 0 Å². The van der Waals surface area contributed by atoms with E-state index in [1.165, 1.54) is 12.1 Å². The summed E-state index contributed by atoms with van der Waals surface area (Å²) >= 11 is 6.18. The van der Waals surface area contributed by atoms with Gasteiger partial charge < -0.3 is 10.4 Å². The van der Waals surface area contributed by atoms with Gasteiger partial charge in [0.1, 0.15) is 0 Å². The Morgan fingerprint density at radius 1 is 1.17 bits per heavy atom. The number of benzene rings is 2. The Morgan fingerprint density at radius 3 is 2.34 bits per heavy atom. The molecule has 2 N–H and O–H groups in total. The Hall–Kier alpha value is -2.79. The molecule has 2 fully saturated rings. The summed E-state index contributed by atoms with van der Waals surface area (Å²) in [6.45, 7) is -0.132. The smallest absolute Gasteiger partial charge is 0.255 e. The zero-order valence-electron chi connectivity index (χ0n) is 18.1. The number of aliphatic hydroxyl groups is 1. The van der Waals surface area contributed by atoms with Crippen molar-refractivity contribution in [2.75, 3.05) is 11.9 Å². The fourth-order valence-electron chi connectivity index (χ4n) is 5.14. The van der Waals surface area contributed by atoms with Crippen LogP contribution < -0.4 is 5.32 Å². The number of carbonyl (C=O) groups is 1. The van der Waals surface area contributed by atoms with Crippen molar-refractivity contribution in [2.24, 2.45) is 17.0 Å². The predicted molar refractivity (Wildman–Crippen MR) is 121 cm³/mol. The third kappa shape index (κ3) is 4.58. The average molecular weight is 529 g/mol. The first-order valence-electron chi connectivity index (χ1n) is 10.7. The van der Waals surface area contributed by atoms with Crippen molar-refractivity contribution >= 4 is 33.0 Å². The van der Waals surface area contributed by atoms with Crippen LogP contribution in [-0.4, -0.2) is 36.8 Å². The standard InChI is InChI=1S/C22H20ClF3N4O4S/c23-16-4-1-11(21(31)29-14-8-17(24)20(26)18(25)9-14)5-19(16)35(33,34)15-6-12-2-3-13(7-15)22(12,32)10-28-30-27/h1,4-5,8-9,12-13,15,32H,2-3,6-7,10H2,(H,29,31)/t12-,13?,15-,22-/m0/s1. The number of sulfone groups is 1. The van der Waals surface area contributed by atoms with Gasteiger partial charge in [0, 0.05) is 28.3 Å². The Morgan fingerprint density at radius 2 is 1.77 bits per heavy atom. The molecule has 4 atom stereocenters. The fourth-order valence-corrected chi connectivity index (χ4v) is 7.54. The molecule has 0 aromatic heterocycles. The highest BCUT2D eigenvalue weighted by molar-refractivity contribution is 7.92. The van der Waals surface area contributed by atoms with Crippen LogP contribution in [0.4, 0.5) is 18.9 Å². The minimum Gasteiger partial charge on any atom is -0.389 e. The normalized spacial score (nSPS) is 25.7. The number of nitrogens with one attached hydrogen (secondary N) is 1. The summed E-state index contributed by atoms with van der Waals surface area (Å²) in [5, 5.41) is 15.7. The highest BCUT2D eigenvalue weighted by atomic mass is 35.5. The van der Waals surface area contributed by atoms with Gasteiger partial charge in [-0.2, -0.15) is 0 Å². The minimum atomic E-state index is -4.03. The highest BCUT2D eigenvalue weighted by Gasteiger charge is 2.55. The molecule has 2 aliphatic carbocycles. The molecule has 0 saturated heterocycles. The zero-order chi connectivity index (χ0) is 25.5. The largest absolute Gasteiger partial charge is 0.389 e. The molecule has 2 saturated carbocycles. The van der Waals surface area contributed by atoms with Crippen LogP contribution in [0, 0.1) is 29.3 Å². The first kappa shape index (κ1) is 25.3. The number of carbonyl (C=O) groups excluding carboxylic acids is 1. The number of hydrogen-bond acceptors (Lipinski definition) is 5. The maximum Gasteiger partial charge on any atom is 0.255 e. The topological polar surface area (TPSA) is 132 Å². The van der Waals surface area contributed by atoms with Gasteiger partial charge in [0.05, 0.1) is 27.3 Å². The Balaban J connectivity index is 1.59. The summed E-state index contributed by atoms with van der Waals surface area (Å²) in [6, 6.07) is 4.74. The number of rotatable bonds is 6. The van der Waals surface area contributed by atoms with E-state index in [1.54, 1.807) is 0 Å². The summed E-state index contributed by atoms with van der Waals surface area (Å²) in [6.07, 6.45) is 1.46. The molecule has 186 valence electrons. The van der Waals surface area contributed by atoms with Gasteiger partial charge in [-0.15, -0.1) is 0 Å². The van der Waals surface area contributed by atoms with Gasteiger partial charge in [0.15, 0.2) is 27.3 Å². The first-order valence-corrected chi connectivity index (χ1v) is 12.6. The molecule has 2 aromatic carbocycles. The van der Waals surface area contributed by atoms with E-state index in [9.17, 15) is 31.5 Å². The predicted octanol–water partition coefficient (Wildman–Crippen LogP) is 5.01. The van der Waals surface area contributed by atoms with Crippen LogP contribution in [-0.2, 0) is 9.84 Å². The number of hydrogen-bond donors (Lipinski definition) is 2. The summed E-state index contributed by atoms with van der Waals surface area (Å²) in [5.41, 5.74) is 6.86. The Bertz CT molecular complexity index is 1310. The van der Waals surface area contributed by atoms with Gasteiger partial charge in [-0.05, 0) is 61.2 Å². The molecule has 2 aromatic rings. The molecule has 35 heavy (non-hydrogen) atoms. The van der Waals surface area contributed by atoms with Gasteiger partial charge in [0.25, 0.3) is 5.91 Å². The van der Waals surface area contributed by atoms with Crippen LogP contribution in [0.3, 0.4) is 0 Å². The Labute approximate surface area is 203 Å². The fraction of sp³-hybridized carbons (Fsp3) is 0.409. The Kier molecular flexibility index (Phi) is 6.76. The van der Waals surface area contributed by atoms with Crippen molar-refractivity contribution < 1.29 is 31.5 Å². The molecule has 8 nitrogen and oxygen atoms in total. The number of nitrogens with zero attached hydrogens (tertiary/aromatic N) is 3. The van der Waals surface area contributed by atoms with E-state index in [0.29, 0.717) is 25.0 Å². The molecule has 0 radical (unpaired) electrons. The average Bonchev–Trinajstić information content (AvgIpc) is 2.97. The van der Waals surface area contributed by atoms with Crippen molar-refractivity contribution in [2.45, 2.75) is 41.4 Å². The van der Waals surface area contributed by atoms with E-state index in [-0.39, 0.29) is 52.4 Å². The second-order valence-electron chi connectivity index (χ2n) is 8.84. The van der Waals surface area contributed by atoms with Crippen molar-refractivity contribution in [3.8, 4) is 0 Å². The number of amides is 1. The summed E-state index contributed by atoms with van der Waals surface area (Å²) in [4.78, 5) is 15.0. The van der Waals surface area contributed by atoms with E-state index < -0.39 is 44.0 Å². The van der Waals surface area contributed by atoms with Crippen LogP contribution in [0.5, 0.6) is 0 Å². The maximum atomic E-state index is 13.5. The van der Waals surface area contributed by atoms with Gasteiger partial charge >= 0.3 is 0 Å². The van der Waals surface area contributed by atoms with Crippen LogP contribution in [0.25, 0.3) is 10.4 Å². The molecule has 0 spiro atoms. The van der Waals surface area contributed by atoms with Crippen LogP contribution in [0.1, 0.15) is 36.0 Å². The van der Waals surface area contributed by atoms with E-state index in [4.69, 9.17) is 17.1 Å². The third-order valence-corrected chi connectivity index (χ3v) is 9.60. The van der Waals surface area contributed by atoms with Crippen LogP contribution in [0.15, 0.2) is 40.3 Å². The first-order chi connectivity index (χ1) is 16.5. The van der Waals surface area contributed by atoms with Gasteiger partial charge in [-0.1, -0.05) is 16.7 Å². The lowest BCUT2D eigenvalue weighted by molar-refractivity contribution is -0.0496.